The molecule has 0 aliphatic heterocycles. The molecule has 0 unspecified atom stereocenters. The number of aromatic nitrogens is 2. The van der Waals surface area contributed by atoms with E-state index in [0.717, 1.165) is 10.0 Å². The zero-order chi connectivity index (χ0) is 17.3. The van der Waals surface area contributed by atoms with Gasteiger partial charge in [0.15, 0.2) is 0 Å². The molecule has 0 radical (unpaired) electrons. The van der Waals surface area contributed by atoms with Crippen molar-refractivity contribution in [2.45, 2.75) is 13.5 Å². The maximum atomic E-state index is 12.5. The Morgan fingerprint density at radius 2 is 2.08 bits per heavy atom. The van der Waals surface area contributed by atoms with E-state index in [9.17, 15) is 9.59 Å². The van der Waals surface area contributed by atoms with E-state index < -0.39 is 0 Å². The molecule has 0 spiro atoms. The van der Waals surface area contributed by atoms with Gasteiger partial charge in [-0.2, -0.15) is 0 Å². The minimum atomic E-state index is -0.352. The fourth-order valence-corrected chi connectivity index (χ4v) is 3.04. The maximum Gasteiger partial charge on any atom is 0.261 e. The Morgan fingerprint density at radius 1 is 1.29 bits per heavy atom. The van der Waals surface area contributed by atoms with Gasteiger partial charge in [0.2, 0.25) is 5.91 Å². The Labute approximate surface area is 151 Å². The summed E-state index contributed by atoms with van der Waals surface area (Å²) in [6.45, 7) is 1.76. The average molecular weight is 407 g/mol. The third-order valence-corrected chi connectivity index (χ3v) is 4.30. The first-order valence-electron chi connectivity index (χ1n) is 7.15. The molecule has 0 saturated heterocycles. The minimum Gasteiger partial charge on any atom is -0.323 e. The number of carbonyl (C=O) groups is 1. The molecule has 0 aliphatic carbocycles. The van der Waals surface area contributed by atoms with E-state index in [1.54, 1.807) is 30.3 Å². The Kier molecular flexibility index (Phi) is 4.69. The van der Waals surface area contributed by atoms with Crippen LogP contribution in [-0.4, -0.2) is 15.5 Å². The summed E-state index contributed by atoms with van der Waals surface area (Å²) in [6, 6.07) is 10.6. The van der Waals surface area contributed by atoms with Crippen LogP contribution in [0, 0.1) is 6.92 Å². The van der Waals surface area contributed by atoms with E-state index in [2.05, 4.69) is 26.2 Å². The van der Waals surface area contributed by atoms with E-state index in [1.165, 1.54) is 10.9 Å². The summed E-state index contributed by atoms with van der Waals surface area (Å²) in [5.41, 5.74) is 1.81. The van der Waals surface area contributed by atoms with Gasteiger partial charge in [-0.1, -0.05) is 39.2 Å². The summed E-state index contributed by atoms with van der Waals surface area (Å²) in [5, 5.41) is 3.60. The lowest BCUT2D eigenvalue weighted by molar-refractivity contribution is -0.116. The van der Waals surface area contributed by atoms with Crippen LogP contribution >= 0.6 is 27.5 Å². The van der Waals surface area contributed by atoms with Gasteiger partial charge in [-0.05, 0) is 37.3 Å². The molecule has 0 fully saturated rings. The summed E-state index contributed by atoms with van der Waals surface area (Å²) in [7, 11) is 0. The van der Waals surface area contributed by atoms with Crippen LogP contribution in [0.5, 0.6) is 0 Å². The lowest BCUT2D eigenvalue weighted by Crippen LogP contribution is -2.28. The predicted molar refractivity (Wildman–Crippen MR) is 98.5 cm³/mol. The smallest absolute Gasteiger partial charge is 0.261 e. The standard InChI is InChI=1S/C17H13BrClN3O2/c1-10-2-4-14-12(6-10)17(24)22(9-20-14)8-16(23)21-15-5-3-11(18)7-13(15)19/h2-7,9H,8H2,1H3,(H,21,23). The van der Waals surface area contributed by atoms with Crippen molar-refractivity contribution in [3.05, 3.63) is 68.1 Å². The number of carbonyl (C=O) groups excluding carboxylic acids is 1. The highest BCUT2D eigenvalue weighted by Gasteiger charge is 2.10. The van der Waals surface area contributed by atoms with Gasteiger partial charge in [0.25, 0.3) is 5.56 Å². The Hall–Kier alpha value is -2.18. The molecule has 1 aromatic heterocycles. The number of rotatable bonds is 3. The molecule has 1 amide bonds. The zero-order valence-corrected chi connectivity index (χ0v) is 15.1. The number of nitrogens with one attached hydrogen (secondary N) is 1. The van der Waals surface area contributed by atoms with Gasteiger partial charge in [0.1, 0.15) is 6.54 Å². The molecule has 0 saturated carbocycles. The predicted octanol–water partition coefficient (Wildman–Crippen LogP) is 3.76. The molecule has 7 heteroatoms. The second kappa shape index (κ2) is 6.75. The lowest BCUT2D eigenvalue weighted by atomic mass is 10.2. The number of nitrogens with zero attached hydrogens (tertiary/aromatic N) is 2. The van der Waals surface area contributed by atoms with Crippen LogP contribution in [0.15, 0.2) is 52.0 Å². The summed E-state index contributed by atoms with van der Waals surface area (Å²) in [5.74, 6) is -0.352. The van der Waals surface area contributed by atoms with Crippen LogP contribution in [0.25, 0.3) is 10.9 Å². The molecule has 2 aromatic carbocycles. The molecule has 1 N–H and O–H groups in total. The Balaban J connectivity index is 1.85. The van der Waals surface area contributed by atoms with Crippen molar-refractivity contribution < 1.29 is 4.79 Å². The molecule has 24 heavy (non-hydrogen) atoms. The second-order valence-corrected chi connectivity index (χ2v) is 6.69. The molecule has 1 heterocycles. The van der Waals surface area contributed by atoms with Crippen LogP contribution in [0.4, 0.5) is 5.69 Å². The quantitative estimate of drug-likeness (QED) is 0.720. The average Bonchev–Trinajstić information content (AvgIpc) is 2.53. The van der Waals surface area contributed by atoms with Crippen LogP contribution in [0.3, 0.4) is 0 Å². The second-order valence-electron chi connectivity index (χ2n) is 5.37. The van der Waals surface area contributed by atoms with Crippen molar-refractivity contribution in [2.75, 3.05) is 5.32 Å². The topological polar surface area (TPSA) is 64.0 Å². The SMILES string of the molecule is Cc1ccc2ncn(CC(=O)Nc3ccc(Br)cc3Cl)c(=O)c2c1. The first-order chi connectivity index (χ1) is 11.4. The van der Waals surface area contributed by atoms with Crippen molar-refractivity contribution in [3.63, 3.8) is 0 Å². The Morgan fingerprint density at radius 3 is 2.83 bits per heavy atom. The number of hydrogen-bond acceptors (Lipinski definition) is 3. The summed E-state index contributed by atoms with van der Waals surface area (Å²) >= 11 is 9.38. The minimum absolute atomic E-state index is 0.137. The summed E-state index contributed by atoms with van der Waals surface area (Å²) < 4.78 is 2.10. The monoisotopic (exact) mass is 405 g/mol. The fraction of sp³-hybridized carbons (Fsp3) is 0.118. The van der Waals surface area contributed by atoms with Crippen molar-refractivity contribution in [2.24, 2.45) is 0 Å². The van der Waals surface area contributed by atoms with Crippen molar-refractivity contribution >= 4 is 50.0 Å². The largest absolute Gasteiger partial charge is 0.323 e. The van der Waals surface area contributed by atoms with Crippen molar-refractivity contribution in [1.82, 2.24) is 9.55 Å². The molecule has 3 rings (SSSR count). The Bertz CT molecular complexity index is 1000. The van der Waals surface area contributed by atoms with Gasteiger partial charge in [-0.25, -0.2) is 4.98 Å². The fourth-order valence-electron chi connectivity index (χ4n) is 2.32. The summed E-state index contributed by atoms with van der Waals surface area (Å²) in [4.78, 5) is 28.9. The third-order valence-electron chi connectivity index (χ3n) is 3.50. The number of fused-ring (bicyclic) bond motifs is 1. The van der Waals surface area contributed by atoms with Gasteiger partial charge in [0.05, 0.1) is 27.9 Å². The van der Waals surface area contributed by atoms with E-state index in [0.29, 0.717) is 21.6 Å². The maximum absolute atomic E-state index is 12.5. The van der Waals surface area contributed by atoms with Gasteiger partial charge in [0, 0.05) is 4.47 Å². The lowest BCUT2D eigenvalue weighted by Gasteiger charge is -2.09. The highest BCUT2D eigenvalue weighted by molar-refractivity contribution is 9.10. The van der Waals surface area contributed by atoms with Gasteiger partial charge >= 0.3 is 0 Å². The molecule has 0 bridgehead atoms. The van der Waals surface area contributed by atoms with Crippen LogP contribution in [0.2, 0.25) is 5.02 Å². The number of benzene rings is 2. The number of anilines is 1. The number of hydrogen-bond donors (Lipinski definition) is 1. The van der Waals surface area contributed by atoms with Gasteiger partial charge < -0.3 is 5.32 Å². The van der Waals surface area contributed by atoms with Crippen molar-refractivity contribution in [1.29, 1.82) is 0 Å². The summed E-state index contributed by atoms with van der Waals surface area (Å²) in [6.07, 6.45) is 1.38. The highest BCUT2D eigenvalue weighted by atomic mass is 79.9. The van der Waals surface area contributed by atoms with E-state index in [4.69, 9.17) is 11.6 Å². The molecule has 0 atom stereocenters. The molecule has 3 aromatic rings. The van der Waals surface area contributed by atoms with Crippen molar-refractivity contribution in [3.8, 4) is 0 Å². The molecule has 122 valence electrons. The van der Waals surface area contributed by atoms with E-state index >= 15 is 0 Å². The third kappa shape index (κ3) is 3.49. The van der Waals surface area contributed by atoms with Crippen LogP contribution in [0.1, 0.15) is 5.56 Å². The van der Waals surface area contributed by atoms with Crippen LogP contribution in [-0.2, 0) is 11.3 Å². The van der Waals surface area contributed by atoms with Gasteiger partial charge in [-0.3, -0.25) is 14.2 Å². The molecule has 0 aliphatic rings. The van der Waals surface area contributed by atoms with E-state index in [-0.39, 0.29) is 18.0 Å². The molecule has 5 nitrogen and oxygen atoms in total. The first kappa shape index (κ1) is 16.7. The number of amides is 1. The normalized spacial score (nSPS) is 10.8. The van der Waals surface area contributed by atoms with E-state index in [1.807, 2.05) is 13.0 Å². The highest BCUT2D eigenvalue weighted by Crippen LogP contribution is 2.25. The van der Waals surface area contributed by atoms with Gasteiger partial charge in [-0.15, -0.1) is 0 Å². The first-order valence-corrected chi connectivity index (χ1v) is 8.32. The number of aryl methyl sites for hydroxylation is 1. The van der Waals surface area contributed by atoms with Crippen LogP contribution < -0.4 is 10.9 Å². The zero-order valence-electron chi connectivity index (χ0n) is 12.7. The number of halogens is 2. The molecular formula is C17H13BrClN3O2. The molecular weight excluding hydrogens is 394 g/mol.